The number of nitrogens with zero attached hydrogens (tertiary/aromatic N) is 1. The highest BCUT2D eigenvalue weighted by Crippen LogP contribution is 2.42. The molecule has 0 aliphatic rings. The van der Waals surface area contributed by atoms with Crippen molar-refractivity contribution < 1.29 is 0 Å². The molecular formula is C55H45N. The Labute approximate surface area is 332 Å². The Hall–Kier alpha value is -6.96. The zero-order valence-electron chi connectivity index (χ0n) is 32.1. The maximum Gasteiger partial charge on any atom is 0.0540 e. The van der Waals surface area contributed by atoms with Gasteiger partial charge in [-0.1, -0.05) is 200 Å². The molecule has 1 atom stereocenters. The molecule has 1 nitrogen and oxygen atoms in total. The van der Waals surface area contributed by atoms with Crippen LogP contribution in [0.5, 0.6) is 0 Å². The zero-order chi connectivity index (χ0) is 38.4. The molecule has 0 saturated heterocycles. The Kier molecular flexibility index (Phi) is 10.4. The monoisotopic (exact) mass is 719 g/mol. The van der Waals surface area contributed by atoms with Gasteiger partial charge in [0.05, 0.1) is 5.69 Å². The number of hydrogen-bond acceptors (Lipinski definition) is 1. The van der Waals surface area contributed by atoms with Crippen LogP contribution in [0.25, 0.3) is 45.5 Å². The summed E-state index contributed by atoms with van der Waals surface area (Å²) >= 11 is 0. The fourth-order valence-electron chi connectivity index (χ4n) is 7.62. The zero-order valence-corrected chi connectivity index (χ0v) is 32.1. The van der Waals surface area contributed by atoms with Crippen LogP contribution in [-0.4, -0.2) is 0 Å². The molecule has 0 amide bonds. The van der Waals surface area contributed by atoms with Crippen molar-refractivity contribution in [2.45, 2.75) is 19.8 Å². The van der Waals surface area contributed by atoms with Crippen molar-refractivity contribution in [1.29, 1.82) is 0 Å². The molecule has 0 heterocycles. The van der Waals surface area contributed by atoms with Crippen molar-refractivity contribution in [2.24, 2.45) is 0 Å². The molecule has 8 aromatic carbocycles. The first-order chi connectivity index (χ1) is 27.5. The van der Waals surface area contributed by atoms with Crippen LogP contribution in [-0.2, 0) is 0 Å². The quantitative estimate of drug-likeness (QED) is 0.120. The fourth-order valence-corrected chi connectivity index (χ4v) is 7.62. The van der Waals surface area contributed by atoms with E-state index in [2.05, 4.69) is 226 Å². The third kappa shape index (κ3) is 7.53. The smallest absolute Gasteiger partial charge is 0.0540 e. The van der Waals surface area contributed by atoms with Gasteiger partial charge < -0.3 is 4.90 Å². The second kappa shape index (κ2) is 16.2. The molecule has 0 radical (unpaired) electrons. The van der Waals surface area contributed by atoms with E-state index in [0.717, 1.165) is 33.8 Å². The van der Waals surface area contributed by atoms with E-state index in [4.69, 9.17) is 0 Å². The SMILES string of the molecule is C=Cc1ccc(-c2ccccc2C(c2ccc(C)cc2)c2ccc(-c3ccc(N(c4ccc(C)cc4)c4ccccc4-c4ccc(C=C)cc4)cc3)cc2)cc1. The lowest BCUT2D eigenvalue weighted by atomic mass is 9.81. The highest BCUT2D eigenvalue weighted by atomic mass is 15.1. The summed E-state index contributed by atoms with van der Waals surface area (Å²) in [5.41, 5.74) is 19.0. The van der Waals surface area contributed by atoms with Gasteiger partial charge in [-0.2, -0.15) is 0 Å². The fraction of sp³-hybridized carbons (Fsp3) is 0.0545. The van der Waals surface area contributed by atoms with Crippen LogP contribution < -0.4 is 4.90 Å². The summed E-state index contributed by atoms with van der Waals surface area (Å²) in [6, 6.07) is 70.6. The van der Waals surface area contributed by atoms with Crippen LogP contribution in [0.3, 0.4) is 0 Å². The van der Waals surface area contributed by atoms with E-state index in [1.807, 2.05) is 12.2 Å². The van der Waals surface area contributed by atoms with E-state index in [1.165, 1.54) is 55.6 Å². The van der Waals surface area contributed by atoms with E-state index < -0.39 is 0 Å². The molecule has 0 aliphatic heterocycles. The van der Waals surface area contributed by atoms with Gasteiger partial charge in [0.15, 0.2) is 0 Å². The number of rotatable bonds is 11. The van der Waals surface area contributed by atoms with Gasteiger partial charge in [-0.25, -0.2) is 0 Å². The molecule has 8 rings (SSSR count). The molecule has 0 bridgehead atoms. The third-order valence-corrected chi connectivity index (χ3v) is 10.7. The van der Waals surface area contributed by atoms with Gasteiger partial charge in [0.1, 0.15) is 0 Å². The van der Waals surface area contributed by atoms with Crippen molar-refractivity contribution in [3.05, 3.63) is 246 Å². The predicted molar refractivity (Wildman–Crippen MR) is 241 cm³/mol. The van der Waals surface area contributed by atoms with Crippen LogP contribution in [0.15, 0.2) is 207 Å². The first-order valence-corrected chi connectivity index (χ1v) is 19.3. The van der Waals surface area contributed by atoms with Crippen LogP contribution in [0.4, 0.5) is 17.1 Å². The van der Waals surface area contributed by atoms with E-state index in [0.29, 0.717) is 0 Å². The summed E-state index contributed by atoms with van der Waals surface area (Å²) in [5.74, 6) is 0.0680. The van der Waals surface area contributed by atoms with Gasteiger partial charge in [-0.05, 0) is 99.8 Å². The summed E-state index contributed by atoms with van der Waals surface area (Å²) in [6.07, 6.45) is 3.78. The predicted octanol–water partition coefficient (Wildman–Crippen LogP) is 15.2. The van der Waals surface area contributed by atoms with Crippen molar-refractivity contribution in [3.8, 4) is 33.4 Å². The first-order valence-electron chi connectivity index (χ1n) is 19.3. The maximum atomic E-state index is 3.95. The molecule has 1 heteroatoms. The second-order valence-electron chi connectivity index (χ2n) is 14.4. The average Bonchev–Trinajstić information content (AvgIpc) is 3.26. The largest absolute Gasteiger partial charge is 0.310 e. The molecule has 0 N–H and O–H groups in total. The minimum absolute atomic E-state index is 0.0680. The number of benzene rings is 8. The first kappa shape index (κ1) is 36.0. The molecule has 1 unspecified atom stereocenters. The molecule has 0 aromatic heterocycles. The highest BCUT2D eigenvalue weighted by Gasteiger charge is 2.21. The molecule has 8 aromatic rings. The lowest BCUT2D eigenvalue weighted by Gasteiger charge is -2.28. The third-order valence-electron chi connectivity index (χ3n) is 10.7. The van der Waals surface area contributed by atoms with Crippen molar-refractivity contribution in [3.63, 3.8) is 0 Å². The van der Waals surface area contributed by atoms with E-state index in [1.54, 1.807) is 0 Å². The van der Waals surface area contributed by atoms with Crippen LogP contribution in [0.1, 0.15) is 44.9 Å². The van der Waals surface area contributed by atoms with Gasteiger partial charge >= 0.3 is 0 Å². The summed E-state index contributed by atoms with van der Waals surface area (Å²) < 4.78 is 0. The summed E-state index contributed by atoms with van der Waals surface area (Å²) in [7, 11) is 0. The molecule has 56 heavy (non-hydrogen) atoms. The van der Waals surface area contributed by atoms with Crippen molar-refractivity contribution in [1.82, 2.24) is 0 Å². The number of para-hydroxylation sites is 1. The molecule has 0 spiro atoms. The number of aryl methyl sites for hydroxylation is 2. The van der Waals surface area contributed by atoms with Crippen LogP contribution >= 0.6 is 0 Å². The molecule has 0 fully saturated rings. The van der Waals surface area contributed by atoms with Gasteiger partial charge in [-0.3, -0.25) is 0 Å². The standard InChI is InChI=1S/C55H45N/c1-5-41-19-25-45(26-20-41)51-11-7-8-13-53(51)55(47-23-15-39(3)16-24-47)48-31-29-43(30-32-48)44-33-37-50(38-34-44)56(49-35-17-40(4)18-36-49)54-14-10-9-12-52(54)46-27-21-42(6-2)22-28-46/h5-38,55H,1-2H2,3-4H3. The molecular weight excluding hydrogens is 675 g/mol. The normalized spacial score (nSPS) is 11.5. The van der Waals surface area contributed by atoms with E-state index >= 15 is 0 Å². The Bertz CT molecular complexity index is 2390. The summed E-state index contributed by atoms with van der Waals surface area (Å²) in [5, 5.41) is 0. The Balaban J connectivity index is 1.15. The highest BCUT2D eigenvalue weighted by molar-refractivity contribution is 5.88. The van der Waals surface area contributed by atoms with Gasteiger partial charge in [-0.15, -0.1) is 0 Å². The van der Waals surface area contributed by atoms with Gasteiger partial charge in [0.25, 0.3) is 0 Å². The lowest BCUT2D eigenvalue weighted by Crippen LogP contribution is -2.11. The van der Waals surface area contributed by atoms with Crippen molar-refractivity contribution >= 4 is 29.2 Å². The van der Waals surface area contributed by atoms with E-state index in [-0.39, 0.29) is 5.92 Å². The minimum atomic E-state index is 0.0680. The number of anilines is 3. The number of hydrogen-bond donors (Lipinski definition) is 0. The molecule has 0 aliphatic carbocycles. The topological polar surface area (TPSA) is 3.24 Å². The van der Waals surface area contributed by atoms with Crippen LogP contribution in [0, 0.1) is 13.8 Å². The summed E-state index contributed by atoms with van der Waals surface area (Å²) in [4.78, 5) is 2.36. The maximum absolute atomic E-state index is 3.95. The summed E-state index contributed by atoms with van der Waals surface area (Å²) in [6.45, 7) is 12.2. The van der Waals surface area contributed by atoms with Crippen molar-refractivity contribution in [2.75, 3.05) is 4.90 Å². The lowest BCUT2D eigenvalue weighted by molar-refractivity contribution is 0.978. The average molecular weight is 720 g/mol. The second-order valence-corrected chi connectivity index (χ2v) is 14.4. The Morgan fingerprint density at radius 1 is 0.393 bits per heavy atom. The Morgan fingerprint density at radius 2 is 0.786 bits per heavy atom. The minimum Gasteiger partial charge on any atom is -0.310 e. The van der Waals surface area contributed by atoms with Crippen LogP contribution in [0.2, 0.25) is 0 Å². The Morgan fingerprint density at radius 3 is 1.32 bits per heavy atom. The van der Waals surface area contributed by atoms with Gasteiger partial charge in [0, 0.05) is 22.9 Å². The molecule has 270 valence electrons. The van der Waals surface area contributed by atoms with Gasteiger partial charge in [0.2, 0.25) is 0 Å². The molecule has 0 saturated carbocycles. The van der Waals surface area contributed by atoms with E-state index in [9.17, 15) is 0 Å².